The predicted octanol–water partition coefficient (Wildman–Crippen LogP) is 1.47. The number of carbonyl (C=O) groups excluding carboxylic acids is 1. The number of nitrogens with one attached hydrogen (secondary N) is 1. The molecule has 0 radical (unpaired) electrons. The molecule has 7 nitrogen and oxygen atoms in total. The van der Waals surface area contributed by atoms with Crippen LogP contribution in [0.25, 0.3) is 0 Å². The molecule has 8 heteroatoms. The number of aliphatic hydroxyl groups is 1. The summed E-state index contributed by atoms with van der Waals surface area (Å²) >= 11 is 0. The summed E-state index contributed by atoms with van der Waals surface area (Å²) in [7, 11) is 1.50. The number of aromatic nitrogens is 1. The van der Waals surface area contributed by atoms with Crippen LogP contribution in [0.2, 0.25) is 0 Å². The molecule has 1 fully saturated rings. The Labute approximate surface area is 150 Å². The van der Waals surface area contributed by atoms with Crippen LogP contribution >= 0.6 is 0 Å². The summed E-state index contributed by atoms with van der Waals surface area (Å²) in [6.45, 7) is 1.01. The Balaban J connectivity index is 1.65. The van der Waals surface area contributed by atoms with Crippen molar-refractivity contribution in [1.29, 1.82) is 0 Å². The zero-order valence-corrected chi connectivity index (χ0v) is 14.6. The third-order valence-corrected chi connectivity index (χ3v) is 4.53. The first-order chi connectivity index (χ1) is 12.5. The molecular formula is C18H22FN3O4. The van der Waals surface area contributed by atoms with Crippen LogP contribution in [0, 0.1) is 5.82 Å². The molecular weight excluding hydrogens is 341 g/mol. The molecule has 26 heavy (non-hydrogen) atoms. The Kier molecular flexibility index (Phi) is 5.53. The average molecular weight is 363 g/mol. The van der Waals surface area contributed by atoms with Gasteiger partial charge in [-0.3, -0.25) is 4.79 Å². The highest BCUT2D eigenvalue weighted by molar-refractivity contribution is 5.86. The van der Waals surface area contributed by atoms with Crippen molar-refractivity contribution < 1.29 is 23.6 Å². The van der Waals surface area contributed by atoms with Crippen molar-refractivity contribution >= 4 is 5.91 Å². The largest absolute Gasteiger partial charge is 0.497 e. The molecule has 2 N–H and O–H groups in total. The van der Waals surface area contributed by atoms with Crippen molar-refractivity contribution in [3.05, 3.63) is 47.6 Å². The Morgan fingerprint density at radius 3 is 3.04 bits per heavy atom. The van der Waals surface area contributed by atoms with Crippen LogP contribution in [0.4, 0.5) is 4.39 Å². The van der Waals surface area contributed by atoms with E-state index in [1.807, 2.05) is 0 Å². The molecule has 0 saturated carbocycles. The third kappa shape index (κ3) is 4.03. The van der Waals surface area contributed by atoms with Crippen molar-refractivity contribution in [1.82, 2.24) is 15.4 Å². The van der Waals surface area contributed by atoms with Gasteiger partial charge in [-0.2, -0.15) is 0 Å². The second-order valence-electron chi connectivity index (χ2n) is 6.40. The van der Waals surface area contributed by atoms with E-state index in [1.165, 1.54) is 30.3 Å². The van der Waals surface area contributed by atoms with E-state index in [0.717, 1.165) is 0 Å². The highest BCUT2D eigenvalue weighted by atomic mass is 19.1. The number of halogens is 1. The standard InChI is InChI=1S/C18H22FN3O4/c1-25-14-3-4-16(19)13(9-14)11-22-8-2-6-18(24,17(22)23)12-20-10-15-5-7-21-26-15/h3-5,7,9,20,24H,2,6,8,10-12H2,1H3/t18-/m0/s1. The van der Waals surface area contributed by atoms with Gasteiger partial charge in [0.15, 0.2) is 5.60 Å². The van der Waals surface area contributed by atoms with Crippen LogP contribution in [0.1, 0.15) is 24.2 Å². The molecule has 3 rings (SSSR count). The number of hydrogen-bond donors (Lipinski definition) is 2. The first-order valence-electron chi connectivity index (χ1n) is 8.46. The highest BCUT2D eigenvalue weighted by Gasteiger charge is 2.42. The van der Waals surface area contributed by atoms with Gasteiger partial charge in [-0.1, -0.05) is 5.16 Å². The van der Waals surface area contributed by atoms with E-state index in [9.17, 15) is 14.3 Å². The lowest BCUT2D eigenvalue weighted by Crippen LogP contribution is -2.57. The maximum atomic E-state index is 14.1. The highest BCUT2D eigenvalue weighted by Crippen LogP contribution is 2.25. The van der Waals surface area contributed by atoms with Crippen molar-refractivity contribution in [2.24, 2.45) is 0 Å². The van der Waals surface area contributed by atoms with Gasteiger partial charge in [-0.15, -0.1) is 0 Å². The Morgan fingerprint density at radius 1 is 1.46 bits per heavy atom. The van der Waals surface area contributed by atoms with Crippen LogP contribution < -0.4 is 10.1 Å². The Bertz CT molecular complexity index is 753. The van der Waals surface area contributed by atoms with E-state index in [0.29, 0.717) is 43.0 Å². The summed E-state index contributed by atoms with van der Waals surface area (Å²) in [6.07, 6.45) is 2.52. The topological polar surface area (TPSA) is 87.8 Å². The molecule has 140 valence electrons. The smallest absolute Gasteiger partial charge is 0.256 e. The average Bonchev–Trinajstić information content (AvgIpc) is 3.14. The number of nitrogens with zero attached hydrogens (tertiary/aromatic N) is 2. The van der Waals surface area contributed by atoms with Crippen molar-refractivity contribution in [3.8, 4) is 5.75 Å². The minimum absolute atomic E-state index is 0.0869. The van der Waals surface area contributed by atoms with Crippen LogP contribution in [-0.2, 0) is 17.9 Å². The molecule has 1 atom stereocenters. The van der Waals surface area contributed by atoms with E-state index < -0.39 is 17.3 Å². The number of hydrogen-bond acceptors (Lipinski definition) is 6. The zero-order valence-electron chi connectivity index (χ0n) is 14.6. The Hall–Kier alpha value is -2.45. The number of benzene rings is 1. The Morgan fingerprint density at radius 2 is 2.31 bits per heavy atom. The van der Waals surface area contributed by atoms with Crippen molar-refractivity contribution in [2.45, 2.75) is 31.5 Å². The van der Waals surface area contributed by atoms with Crippen molar-refractivity contribution in [3.63, 3.8) is 0 Å². The number of carbonyl (C=O) groups is 1. The van der Waals surface area contributed by atoms with Gasteiger partial charge in [-0.25, -0.2) is 4.39 Å². The summed E-state index contributed by atoms with van der Waals surface area (Å²) in [5.74, 6) is 0.328. The number of methoxy groups -OCH3 is 1. The van der Waals surface area contributed by atoms with E-state index in [2.05, 4.69) is 10.5 Å². The molecule has 1 aromatic carbocycles. The van der Waals surface area contributed by atoms with Gasteiger partial charge >= 0.3 is 0 Å². The first-order valence-corrected chi connectivity index (χ1v) is 8.46. The second-order valence-corrected chi connectivity index (χ2v) is 6.40. The van der Waals surface area contributed by atoms with Crippen LogP contribution in [-0.4, -0.2) is 46.9 Å². The maximum Gasteiger partial charge on any atom is 0.256 e. The molecule has 1 aliphatic rings. The molecule has 0 spiro atoms. The minimum Gasteiger partial charge on any atom is -0.497 e. The van der Waals surface area contributed by atoms with Gasteiger partial charge in [0.1, 0.15) is 17.3 Å². The van der Waals surface area contributed by atoms with Crippen LogP contribution in [0.5, 0.6) is 5.75 Å². The fraction of sp³-hybridized carbons (Fsp3) is 0.444. The molecule has 1 amide bonds. The molecule has 0 bridgehead atoms. The molecule has 2 aromatic rings. The van der Waals surface area contributed by atoms with E-state index in [1.54, 1.807) is 12.1 Å². The fourth-order valence-corrected chi connectivity index (χ4v) is 3.11. The molecule has 0 aliphatic carbocycles. The zero-order chi connectivity index (χ0) is 18.6. The molecule has 1 aliphatic heterocycles. The molecule has 0 unspecified atom stereocenters. The molecule has 1 aromatic heterocycles. The molecule has 1 saturated heterocycles. The van der Waals surface area contributed by atoms with Gasteiger partial charge in [0.25, 0.3) is 5.91 Å². The number of ether oxygens (including phenoxy) is 1. The summed E-state index contributed by atoms with van der Waals surface area (Å²) in [6, 6.07) is 6.12. The maximum absolute atomic E-state index is 14.1. The first kappa shape index (κ1) is 18.3. The van der Waals surface area contributed by atoms with Crippen LogP contribution in [0.3, 0.4) is 0 Å². The lowest BCUT2D eigenvalue weighted by molar-refractivity contribution is -0.157. The van der Waals surface area contributed by atoms with E-state index in [4.69, 9.17) is 9.26 Å². The second kappa shape index (κ2) is 7.84. The SMILES string of the molecule is COc1ccc(F)c(CN2CCC[C@](O)(CNCc3ccno3)C2=O)c1. The summed E-state index contributed by atoms with van der Waals surface area (Å²) < 4.78 is 24.1. The predicted molar refractivity (Wildman–Crippen MR) is 90.8 cm³/mol. The lowest BCUT2D eigenvalue weighted by Gasteiger charge is -2.38. The van der Waals surface area contributed by atoms with E-state index in [-0.39, 0.29) is 13.1 Å². The lowest BCUT2D eigenvalue weighted by atomic mass is 9.91. The third-order valence-electron chi connectivity index (χ3n) is 4.53. The summed E-state index contributed by atoms with van der Waals surface area (Å²) in [4.78, 5) is 14.2. The summed E-state index contributed by atoms with van der Waals surface area (Å²) in [5, 5.41) is 17.4. The number of piperidine rings is 1. The number of amides is 1. The fourth-order valence-electron chi connectivity index (χ4n) is 3.11. The van der Waals surface area contributed by atoms with Gasteiger partial charge in [0.2, 0.25) is 0 Å². The normalized spacial score (nSPS) is 20.4. The number of rotatable bonds is 7. The number of likely N-dealkylation sites (tertiary alicyclic amines) is 1. The van der Waals surface area contributed by atoms with Gasteiger partial charge in [-0.05, 0) is 31.0 Å². The quantitative estimate of drug-likeness (QED) is 0.775. The minimum atomic E-state index is -1.52. The van der Waals surface area contributed by atoms with Gasteiger partial charge in [0.05, 0.1) is 19.9 Å². The van der Waals surface area contributed by atoms with Crippen LogP contribution in [0.15, 0.2) is 35.0 Å². The molecule has 2 heterocycles. The van der Waals surface area contributed by atoms with Gasteiger partial charge in [0, 0.05) is 31.3 Å². The van der Waals surface area contributed by atoms with Crippen molar-refractivity contribution in [2.75, 3.05) is 20.2 Å². The van der Waals surface area contributed by atoms with Gasteiger partial charge < -0.3 is 24.6 Å². The summed E-state index contributed by atoms with van der Waals surface area (Å²) in [5.41, 5.74) is -1.16. The monoisotopic (exact) mass is 363 g/mol. The van der Waals surface area contributed by atoms with E-state index >= 15 is 0 Å².